The number of hydrogen-bond acceptors (Lipinski definition) is 4. The van der Waals surface area contributed by atoms with Gasteiger partial charge in [-0.3, -0.25) is 4.79 Å². The first kappa shape index (κ1) is 15.1. The Kier molecular flexibility index (Phi) is 4.88. The molecule has 2 aromatic rings. The average Bonchev–Trinajstić information content (AvgIpc) is 2.83. The Morgan fingerprint density at radius 2 is 2.15 bits per heavy atom. The maximum Gasteiger partial charge on any atom is 0.255 e. The highest BCUT2D eigenvalue weighted by atomic mass is 79.9. The minimum Gasteiger partial charge on any atom is -0.337 e. The first-order chi connectivity index (χ1) is 9.51. The lowest BCUT2D eigenvalue weighted by Crippen LogP contribution is -2.27. The number of hydrogen-bond donors (Lipinski definition) is 0. The van der Waals surface area contributed by atoms with Gasteiger partial charge in [0.25, 0.3) is 5.91 Å². The van der Waals surface area contributed by atoms with E-state index in [1.807, 2.05) is 38.4 Å². The molecular formula is C14H16BrN3OS. The van der Waals surface area contributed by atoms with Gasteiger partial charge in [-0.05, 0) is 52.4 Å². The van der Waals surface area contributed by atoms with Crippen molar-refractivity contribution in [2.75, 3.05) is 7.05 Å². The van der Waals surface area contributed by atoms with Crippen molar-refractivity contribution in [2.24, 2.45) is 0 Å². The Labute approximate surface area is 131 Å². The highest BCUT2D eigenvalue weighted by Crippen LogP contribution is 2.22. The molecule has 2 aromatic heterocycles. The van der Waals surface area contributed by atoms with E-state index in [-0.39, 0.29) is 5.91 Å². The second-order valence-electron chi connectivity index (χ2n) is 4.62. The van der Waals surface area contributed by atoms with E-state index in [2.05, 4.69) is 26.1 Å². The van der Waals surface area contributed by atoms with Gasteiger partial charge in [0.1, 0.15) is 0 Å². The molecule has 0 fully saturated rings. The first-order valence-electron chi connectivity index (χ1n) is 6.32. The average molecular weight is 354 g/mol. The zero-order valence-corrected chi connectivity index (χ0v) is 14.1. The lowest BCUT2D eigenvalue weighted by Gasteiger charge is -2.18. The summed E-state index contributed by atoms with van der Waals surface area (Å²) in [7, 11) is 1.81. The van der Waals surface area contributed by atoms with Crippen molar-refractivity contribution in [3.8, 4) is 0 Å². The van der Waals surface area contributed by atoms with Crippen molar-refractivity contribution in [3.63, 3.8) is 0 Å². The molecule has 4 nitrogen and oxygen atoms in total. The minimum atomic E-state index is -0.0119. The summed E-state index contributed by atoms with van der Waals surface area (Å²) in [6, 6.07) is 3.85. The summed E-state index contributed by atoms with van der Waals surface area (Å²) in [5.41, 5.74) is 3.28. The topological polar surface area (TPSA) is 46.1 Å². The largest absolute Gasteiger partial charge is 0.337 e. The molecule has 0 saturated heterocycles. The molecule has 0 radical (unpaired) electrons. The maximum atomic E-state index is 12.5. The van der Waals surface area contributed by atoms with Gasteiger partial charge >= 0.3 is 0 Å². The fraction of sp³-hybridized carbons (Fsp3) is 0.357. The van der Waals surface area contributed by atoms with Gasteiger partial charge in [-0.2, -0.15) is 10.2 Å². The third-order valence-corrected chi connectivity index (χ3v) is 4.50. The summed E-state index contributed by atoms with van der Waals surface area (Å²) in [5, 5.41) is 10.2. The number of thiophene rings is 1. The van der Waals surface area contributed by atoms with Crippen molar-refractivity contribution in [1.29, 1.82) is 0 Å². The molecule has 0 unspecified atom stereocenters. The van der Waals surface area contributed by atoms with E-state index >= 15 is 0 Å². The number of carbonyl (C=O) groups excluding carboxylic acids is 1. The molecule has 2 rings (SSSR count). The fourth-order valence-corrected chi connectivity index (χ4v) is 3.14. The van der Waals surface area contributed by atoms with Gasteiger partial charge < -0.3 is 4.90 Å². The molecule has 1 amide bonds. The Morgan fingerprint density at radius 1 is 1.40 bits per heavy atom. The Balaban J connectivity index is 2.20. The van der Waals surface area contributed by atoms with Crippen molar-refractivity contribution in [3.05, 3.63) is 43.8 Å². The number of carbonyl (C=O) groups is 1. The SMILES string of the molecule is CCc1nnc(C)cc1C(=O)N(C)Cc1csc(Br)c1. The van der Waals surface area contributed by atoms with Crippen LogP contribution in [0.1, 0.15) is 34.2 Å². The smallest absolute Gasteiger partial charge is 0.255 e. The maximum absolute atomic E-state index is 12.5. The van der Waals surface area contributed by atoms with Gasteiger partial charge in [0.05, 0.1) is 20.7 Å². The molecule has 0 aliphatic rings. The van der Waals surface area contributed by atoms with E-state index in [0.29, 0.717) is 18.5 Å². The van der Waals surface area contributed by atoms with Crippen LogP contribution in [-0.2, 0) is 13.0 Å². The highest BCUT2D eigenvalue weighted by Gasteiger charge is 2.17. The molecule has 0 atom stereocenters. The van der Waals surface area contributed by atoms with E-state index in [4.69, 9.17) is 0 Å². The van der Waals surface area contributed by atoms with Crippen molar-refractivity contribution in [1.82, 2.24) is 15.1 Å². The Bertz CT molecular complexity index is 627. The second kappa shape index (κ2) is 6.45. The first-order valence-corrected chi connectivity index (χ1v) is 8.00. The van der Waals surface area contributed by atoms with Crippen LogP contribution in [0.4, 0.5) is 0 Å². The molecule has 0 aliphatic heterocycles. The summed E-state index contributed by atoms with van der Waals surface area (Å²) in [5.74, 6) is -0.0119. The second-order valence-corrected chi connectivity index (χ2v) is 6.91. The van der Waals surface area contributed by atoms with Crippen LogP contribution in [0, 0.1) is 6.92 Å². The summed E-state index contributed by atoms with van der Waals surface area (Å²) < 4.78 is 1.07. The Hall–Kier alpha value is -1.27. The van der Waals surface area contributed by atoms with Gasteiger partial charge in [0.15, 0.2) is 0 Å². The third kappa shape index (κ3) is 3.43. The number of aryl methyl sites for hydroxylation is 2. The van der Waals surface area contributed by atoms with E-state index in [9.17, 15) is 4.79 Å². The van der Waals surface area contributed by atoms with Gasteiger partial charge in [-0.1, -0.05) is 6.92 Å². The molecule has 2 heterocycles. The Morgan fingerprint density at radius 3 is 2.75 bits per heavy atom. The van der Waals surface area contributed by atoms with Crippen LogP contribution < -0.4 is 0 Å². The summed E-state index contributed by atoms with van der Waals surface area (Å²) in [6.45, 7) is 4.41. The molecular weight excluding hydrogens is 338 g/mol. The van der Waals surface area contributed by atoms with Crippen LogP contribution in [0.3, 0.4) is 0 Å². The molecule has 0 aromatic carbocycles. The third-order valence-electron chi connectivity index (χ3n) is 2.95. The van der Waals surface area contributed by atoms with Crippen molar-refractivity contribution < 1.29 is 4.79 Å². The van der Waals surface area contributed by atoms with Crippen molar-refractivity contribution in [2.45, 2.75) is 26.8 Å². The molecule has 0 bridgehead atoms. The van der Waals surface area contributed by atoms with Gasteiger partial charge in [-0.15, -0.1) is 11.3 Å². The van der Waals surface area contributed by atoms with Gasteiger partial charge in [0.2, 0.25) is 0 Å². The molecule has 0 saturated carbocycles. The fourth-order valence-electron chi connectivity index (χ4n) is 1.94. The lowest BCUT2D eigenvalue weighted by molar-refractivity contribution is 0.0783. The summed E-state index contributed by atoms with van der Waals surface area (Å²) in [4.78, 5) is 14.2. The minimum absolute atomic E-state index is 0.0119. The summed E-state index contributed by atoms with van der Waals surface area (Å²) in [6.07, 6.45) is 0.701. The standard InChI is InChI=1S/C14H16BrN3OS/c1-4-12-11(5-9(2)16-17-12)14(19)18(3)7-10-6-13(15)20-8-10/h5-6,8H,4,7H2,1-3H3. The van der Waals surface area contributed by atoms with Crippen LogP contribution >= 0.6 is 27.3 Å². The highest BCUT2D eigenvalue weighted by molar-refractivity contribution is 9.11. The predicted molar refractivity (Wildman–Crippen MR) is 84.0 cm³/mol. The van der Waals surface area contributed by atoms with Crippen LogP contribution in [0.15, 0.2) is 21.3 Å². The van der Waals surface area contributed by atoms with Gasteiger partial charge in [-0.25, -0.2) is 0 Å². The van der Waals surface area contributed by atoms with E-state index < -0.39 is 0 Å². The normalized spacial score (nSPS) is 10.6. The number of halogens is 1. The van der Waals surface area contributed by atoms with E-state index in [0.717, 1.165) is 20.7 Å². The summed E-state index contributed by atoms with van der Waals surface area (Å²) >= 11 is 5.05. The van der Waals surface area contributed by atoms with E-state index in [1.54, 1.807) is 16.2 Å². The quantitative estimate of drug-likeness (QED) is 0.845. The number of nitrogens with zero attached hydrogens (tertiary/aromatic N) is 3. The van der Waals surface area contributed by atoms with Crippen LogP contribution in [0.25, 0.3) is 0 Å². The number of amides is 1. The lowest BCUT2D eigenvalue weighted by atomic mass is 10.1. The number of aromatic nitrogens is 2. The van der Waals surface area contributed by atoms with Crippen molar-refractivity contribution >= 4 is 33.2 Å². The predicted octanol–water partition coefficient (Wildman–Crippen LogP) is 3.44. The van der Waals surface area contributed by atoms with Crippen LogP contribution in [0.2, 0.25) is 0 Å². The van der Waals surface area contributed by atoms with Crippen LogP contribution in [0.5, 0.6) is 0 Å². The molecule has 6 heteroatoms. The van der Waals surface area contributed by atoms with Crippen LogP contribution in [-0.4, -0.2) is 28.1 Å². The molecule has 0 aliphatic carbocycles. The number of rotatable bonds is 4. The molecule has 106 valence electrons. The zero-order chi connectivity index (χ0) is 14.7. The van der Waals surface area contributed by atoms with E-state index in [1.165, 1.54) is 0 Å². The monoisotopic (exact) mass is 353 g/mol. The van der Waals surface area contributed by atoms with Gasteiger partial charge in [0, 0.05) is 13.6 Å². The molecule has 0 N–H and O–H groups in total. The molecule has 0 spiro atoms. The zero-order valence-electron chi connectivity index (χ0n) is 11.7. The molecule has 20 heavy (non-hydrogen) atoms.